The Morgan fingerprint density at radius 1 is 0.941 bits per heavy atom. The van der Waals surface area contributed by atoms with Crippen LogP contribution >= 0.6 is 11.3 Å². The average Bonchev–Trinajstić information content (AvgIpc) is 3.30. The highest BCUT2D eigenvalue weighted by Gasteiger charge is 2.18. The van der Waals surface area contributed by atoms with Crippen molar-refractivity contribution in [3.05, 3.63) is 101 Å². The minimum absolute atomic E-state index is 0.124. The van der Waals surface area contributed by atoms with Gasteiger partial charge in [-0.1, -0.05) is 60.7 Å². The van der Waals surface area contributed by atoms with E-state index in [2.05, 4.69) is 10.3 Å². The first-order valence-electron chi connectivity index (χ1n) is 10.7. The van der Waals surface area contributed by atoms with Crippen molar-refractivity contribution in [1.82, 2.24) is 15.2 Å². The zero-order chi connectivity index (χ0) is 23.9. The van der Waals surface area contributed by atoms with E-state index in [0.29, 0.717) is 22.8 Å². The number of amides is 2. The SMILES string of the molecule is Nc1nc(-c2ccc(C(=O)NCC(=O)N(Cc3ccccc3)Cc3ccccc3O)cc2)cs1. The molecular formula is C26H24N4O3S. The number of phenols is 1. The number of para-hydroxylation sites is 1. The van der Waals surface area contributed by atoms with E-state index in [4.69, 9.17) is 5.73 Å². The fraction of sp³-hybridized carbons (Fsp3) is 0.115. The van der Waals surface area contributed by atoms with Crippen molar-refractivity contribution in [2.24, 2.45) is 0 Å². The number of rotatable bonds is 8. The number of nitrogen functional groups attached to an aromatic ring is 1. The van der Waals surface area contributed by atoms with Gasteiger partial charge >= 0.3 is 0 Å². The van der Waals surface area contributed by atoms with E-state index in [9.17, 15) is 14.7 Å². The highest BCUT2D eigenvalue weighted by atomic mass is 32.1. The number of hydrogen-bond acceptors (Lipinski definition) is 6. The zero-order valence-corrected chi connectivity index (χ0v) is 19.2. The van der Waals surface area contributed by atoms with Crippen LogP contribution in [0.1, 0.15) is 21.5 Å². The van der Waals surface area contributed by atoms with Crippen LogP contribution in [-0.2, 0) is 17.9 Å². The Bertz CT molecular complexity index is 1270. The number of aromatic nitrogens is 1. The molecule has 4 N–H and O–H groups in total. The van der Waals surface area contributed by atoms with Crippen LogP contribution in [0, 0.1) is 0 Å². The predicted octanol–water partition coefficient (Wildman–Crippen LogP) is 4.06. The van der Waals surface area contributed by atoms with Crippen LogP contribution in [0.25, 0.3) is 11.3 Å². The Labute approximate surface area is 201 Å². The molecule has 3 aromatic carbocycles. The van der Waals surface area contributed by atoms with Gasteiger partial charge in [0.05, 0.1) is 12.2 Å². The highest BCUT2D eigenvalue weighted by molar-refractivity contribution is 7.13. The van der Waals surface area contributed by atoms with E-state index in [-0.39, 0.29) is 30.7 Å². The molecule has 0 atom stereocenters. The molecule has 2 amide bonds. The van der Waals surface area contributed by atoms with Gasteiger partial charge in [0.15, 0.2) is 5.13 Å². The van der Waals surface area contributed by atoms with Crippen molar-refractivity contribution in [2.75, 3.05) is 12.3 Å². The van der Waals surface area contributed by atoms with E-state index in [1.807, 2.05) is 41.8 Å². The Kier molecular flexibility index (Phi) is 7.19. The van der Waals surface area contributed by atoms with Gasteiger partial charge in [0.1, 0.15) is 5.75 Å². The second-order valence-electron chi connectivity index (χ2n) is 7.70. The maximum absolute atomic E-state index is 13.1. The summed E-state index contributed by atoms with van der Waals surface area (Å²) in [5.74, 6) is -0.478. The standard InChI is InChI=1S/C26H24N4O3S/c27-26-29-22(17-34-26)19-10-12-20(13-11-19)25(33)28-14-24(32)30(15-18-6-2-1-3-7-18)16-21-8-4-5-9-23(21)31/h1-13,17,31H,14-16H2,(H2,27,29)(H,28,33). The first-order chi connectivity index (χ1) is 16.5. The summed E-state index contributed by atoms with van der Waals surface area (Å²) in [6.45, 7) is 0.417. The molecule has 0 spiro atoms. The summed E-state index contributed by atoms with van der Waals surface area (Å²) < 4.78 is 0. The van der Waals surface area contributed by atoms with Gasteiger partial charge in [-0.25, -0.2) is 4.98 Å². The van der Waals surface area contributed by atoms with Gasteiger partial charge in [0.2, 0.25) is 5.91 Å². The maximum atomic E-state index is 13.1. The molecule has 7 nitrogen and oxygen atoms in total. The van der Waals surface area contributed by atoms with Crippen molar-refractivity contribution in [3.63, 3.8) is 0 Å². The Morgan fingerprint density at radius 2 is 1.65 bits per heavy atom. The van der Waals surface area contributed by atoms with Crippen LogP contribution in [0.2, 0.25) is 0 Å². The number of phenolic OH excluding ortho intramolecular Hbond substituents is 1. The molecule has 0 radical (unpaired) electrons. The van der Waals surface area contributed by atoms with E-state index < -0.39 is 0 Å². The van der Waals surface area contributed by atoms with Crippen LogP contribution in [0.15, 0.2) is 84.2 Å². The lowest BCUT2D eigenvalue weighted by Gasteiger charge is -2.24. The average molecular weight is 473 g/mol. The summed E-state index contributed by atoms with van der Waals surface area (Å²) in [5, 5.41) is 15.2. The molecular weight excluding hydrogens is 448 g/mol. The van der Waals surface area contributed by atoms with Crippen LogP contribution in [-0.4, -0.2) is 33.3 Å². The largest absolute Gasteiger partial charge is 0.508 e. The fourth-order valence-electron chi connectivity index (χ4n) is 3.47. The van der Waals surface area contributed by atoms with Crippen molar-refractivity contribution >= 4 is 28.3 Å². The smallest absolute Gasteiger partial charge is 0.251 e. The number of hydrogen-bond donors (Lipinski definition) is 3. The molecule has 0 aliphatic heterocycles. The highest BCUT2D eigenvalue weighted by Crippen LogP contribution is 2.23. The molecule has 1 aromatic heterocycles. The quantitative estimate of drug-likeness (QED) is 0.358. The number of carbonyl (C=O) groups is 2. The van der Waals surface area contributed by atoms with Gasteiger partial charge in [0.25, 0.3) is 5.91 Å². The lowest BCUT2D eigenvalue weighted by atomic mass is 10.1. The second kappa shape index (κ2) is 10.6. The molecule has 4 aromatic rings. The second-order valence-corrected chi connectivity index (χ2v) is 8.58. The van der Waals surface area contributed by atoms with E-state index in [0.717, 1.165) is 16.8 Å². The van der Waals surface area contributed by atoms with Crippen LogP contribution in [0.4, 0.5) is 5.13 Å². The van der Waals surface area contributed by atoms with E-state index >= 15 is 0 Å². The first kappa shape index (κ1) is 23.0. The van der Waals surface area contributed by atoms with Crippen LogP contribution in [0.5, 0.6) is 5.75 Å². The molecule has 4 rings (SSSR count). The number of thiazole rings is 1. The summed E-state index contributed by atoms with van der Waals surface area (Å²) in [6, 6.07) is 23.5. The topological polar surface area (TPSA) is 109 Å². The molecule has 0 aliphatic rings. The van der Waals surface area contributed by atoms with Crippen molar-refractivity contribution < 1.29 is 14.7 Å². The number of anilines is 1. The van der Waals surface area contributed by atoms with Gasteiger partial charge in [-0.2, -0.15) is 0 Å². The molecule has 172 valence electrons. The summed E-state index contributed by atoms with van der Waals surface area (Å²) >= 11 is 1.36. The summed E-state index contributed by atoms with van der Waals surface area (Å²) in [4.78, 5) is 31.5. The molecule has 0 bridgehead atoms. The number of aromatic hydroxyl groups is 1. The Morgan fingerprint density at radius 3 is 2.32 bits per heavy atom. The van der Waals surface area contributed by atoms with E-state index in [1.54, 1.807) is 47.4 Å². The van der Waals surface area contributed by atoms with Crippen LogP contribution < -0.4 is 11.1 Å². The zero-order valence-electron chi connectivity index (χ0n) is 18.3. The molecule has 0 aliphatic carbocycles. The molecule has 1 heterocycles. The molecule has 8 heteroatoms. The van der Waals surface area contributed by atoms with Gasteiger partial charge in [-0.3, -0.25) is 9.59 Å². The van der Waals surface area contributed by atoms with Crippen molar-refractivity contribution in [2.45, 2.75) is 13.1 Å². The number of benzene rings is 3. The normalized spacial score (nSPS) is 10.6. The third kappa shape index (κ3) is 5.79. The fourth-order valence-corrected chi connectivity index (χ4v) is 4.04. The van der Waals surface area contributed by atoms with E-state index in [1.165, 1.54) is 11.3 Å². The minimum Gasteiger partial charge on any atom is -0.508 e. The van der Waals surface area contributed by atoms with Gasteiger partial charge in [-0.15, -0.1) is 11.3 Å². The van der Waals surface area contributed by atoms with Crippen molar-refractivity contribution in [3.8, 4) is 17.0 Å². The number of nitrogens with two attached hydrogens (primary N) is 1. The third-order valence-corrected chi connectivity index (χ3v) is 5.96. The maximum Gasteiger partial charge on any atom is 0.251 e. The first-order valence-corrected chi connectivity index (χ1v) is 11.6. The lowest BCUT2D eigenvalue weighted by Crippen LogP contribution is -2.39. The predicted molar refractivity (Wildman–Crippen MR) is 133 cm³/mol. The number of nitrogens with zero attached hydrogens (tertiary/aromatic N) is 2. The van der Waals surface area contributed by atoms with Gasteiger partial charge < -0.3 is 21.1 Å². The number of nitrogens with one attached hydrogen (secondary N) is 1. The molecule has 0 unspecified atom stereocenters. The third-order valence-electron chi connectivity index (χ3n) is 5.29. The minimum atomic E-state index is -0.347. The summed E-state index contributed by atoms with van der Waals surface area (Å²) in [5.41, 5.74) is 9.33. The van der Waals surface area contributed by atoms with Gasteiger partial charge in [-0.05, 0) is 23.8 Å². The molecule has 34 heavy (non-hydrogen) atoms. The van der Waals surface area contributed by atoms with Gasteiger partial charge in [0, 0.05) is 35.2 Å². The molecule has 0 saturated heterocycles. The molecule has 0 saturated carbocycles. The Balaban J connectivity index is 1.42. The lowest BCUT2D eigenvalue weighted by molar-refractivity contribution is -0.131. The monoisotopic (exact) mass is 472 g/mol. The van der Waals surface area contributed by atoms with Crippen LogP contribution in [0.3, 0.4) is 0 Å². The Hall–Kier alpha value is -4.17. The summed E-state index contributed by atoms with van der Waals surface area (Å²) in [6.07, 6.45) is 0. The number of carbonyl (C=O) groups excluding carboxylic acids is 2. The molecule has 0 fully saturated rings. The van der Waals surface area contributed by atoms with Crippen molar-refractivity contribution in [1.29, 1.82) is 0 Å². The summed E-state index contributed by atoms with van der Waals surface area (Å²) in [7, 11) is 0.